The van der Waals surface area contributed by atoms with Gasteiger partial charge in [0.05, 0.1) is 19.6 Å². The minimum atomic E-state index is -0.420. The van der Waals surface area contributed by atoms with Crippen LogP contribution in [-0.4, -0.2) is 24.0 Å². The first-order valence-electron chi connectivity index (χ1n) is 6.99. The molecule has 1 amide bonds. The molecule has 2 aromatic rings. The Bertz CT molecular complexity index is 613. The molecular formula is C17H18FNO2S. The maximum absolute atomic E-state index is 13.4. The Labute approximate surface area is 133 Å². The number of hydrogen-bond donors (Lipinski definition) is 0. The van der Waals surface area contributed by atoms with Crippen LogP contribution in [0.4, 0.5) is 4.39 Å². The van der Waals surface area contributed by atoms with E-state index in [4.69, 9.17) is 4.74 Å². The highest BCUT2D eigenvalue weighted by Gasteiger charge is 2.13. The third-order valence-electron chi connectivity index (χ3n) is 3.04. The number of benzene rings is 1. The van der Waals surface area contributed by atoms with Crippen molar-refractivity contribution in [1.82, 2.24) is 4.90 Å². The Hall–Kier alpha value is -2.14. The number of halogens is 1. The summed E-state index contributed by atoms with van der Waals surface area (Å²) in [7, 11) is 0. The monoisotopic (exact) mass is 319 g/mol. The largest absolute Gasteiger partial charge is 0.490 e. The molecule has 0 radical (unpaired) electrons. The van der Waals surface area contributed by atoms with Gasteiger partial charge in [-0.3, -0.25) is 4.79 Å². The maximum Gasteiger partial charge on any atom is 0.226 e. The van der Waals surface area contributed by atoms with Gasteiger partial charge >= 0.3 is 0 Å². The second-order valence-corrected chi connectivity index (χ2v) is 5.70. The van der Waals surface area contributed by atoms with Gasteiger partial charge in [-0.1, -0.05) is 24.3 Å². The van der Waals surface area contributed by atoms with E-state index in [1.54, 1.807) is 40.5 Å². The minimum Gasteiger partial charge on any atom is -0.490 e. The van der Waals surface area contributed by atoms with Crippen LogP contribution in [0.5, 0.6) is 5.75 Å². The van der Waals surface area contributed by atoms with Gasteiger partial charge in [0.25, 0.3) is 0 Å². The van der Waals surface area contributed by atoms with Crippen molar-refractivity contribution in [1.29, 1.82) is 0 Å². The predicted octanol–water partition coefficient (Wildman–Crippen LogP) is 3.87. The number of ether oxygens (including phenoxy) is 1. The smallest absolute Gasteiger partial charge is 0.226 e. The van der Waals surface area contributed by atoms with Gasteiger partial charge in [0.1, 0.15) is 0 Å². The van der Waals surface area contributed by atoms with Crippen molar-refractivity contribution in [2.45, 2.75) is 13.0 Å². The number of rotatable bonds is 8. The average Bonchev–Trinajstić information content (AvgIpc) is 3.02. The molecule has 0 saturated carbocycles. The fourth-order valence-electron chi connectivity index (χ4n) is 1.97. The van der Waals surface area contributed by atoms with E-state index in [0.717, 1.165) is 4.88 Å². The number of hydrogen-bond acceptors (Lipinski definition) is 3. The van der Waals surface area contributed by atoms with Crippen molar-refractivity contribution in [2.75, 3.05) is 13.2 Å². The number of thiophene rings is 1. The van der Waals surface area contributed by atoms with Crippen molar-refractivity contribution in [2.24, 2.45) is 0 Å². The molecule has 0 bridgehead atoms. The zero-order valence-electron chi connectivity index (χ0n) is 12.2. The van der Waals surface area contributed by atoms with Gasteiger partial charge in [-0.15, -0.1) is 17.9 Å². The summed E-state index contributed by atoms with van der Waals surface area (Å²) in [5, 5.41) is 1.98. The van der Waals surface area contributed by atoms with Crippen molar-refractivity contribution >= 4 is 17.2 Å². The first kappa shape index (κ1) is 16.2. The molecule has 5 heteroatoms. The fourth-order valence-corrected chi connectivity index (χ4v) is 2.69. The third-order valence-corrected chi connectivity index (χ3v) is 3.90. The number of carbonyl (C=O) groups excluding carboxylic acids is 1. The lowest BCUT2D eigenvalue weighted by Crippen LogP contribution is -2.31. The molecule has 0 atom stereocenters. The zero-order chi connectivity index (χ0) is 15.8. The van der Waals surface area contributed by atoms with Crippen LogP contribution in [0.3, 0.4) is 0 Å². The summed E-state index contributed by atoms with van der Waals surface area (Å²) < 4.78 is 18.7. The highest BCUT2D eigenvalue weighted by atomic mass is 32.1. The second kappa shape index (κ2) is 8.34. The molecule has 2 rings (SSSR count). The molecule has 0 N–H and O–H groups in total. The Morgan fingerprint density at radius 2 is 2.14 bits per heavy atom. The van der Waals surface area contributed by atoms with Crippen LogP contribution in [0.15, 0.2) is 54.4 Å². The second-order valence-electron chi connectivity index (χ2n) is 4.67. The van der Waals surface area contributed by atoms with Gasteiger partial charge in [-0.25, -0.2) is 4.39 Å². The lowest BCUT2D eigenvalue weighted by Gasteiger charge is -2.20. The van der Waals surface area contributed by atoms with Crippen LogP contribution in [-0.2, 0) is 11.3 Å². The van der Waals surface area contributed by atoms with Crippen LogP contribution in [0.2, 0.25) is 0 Å². The maximum atomic E-state index is 13.4. The normalized spacial score (nSPS) is 10.2. The van der Waals surface area contributed by atoms with Crippen LogP contribution in [0, 0.1) is 5.82 Å². The molecule has 0 saturated heterocycles. The molecule has 0 aliphatic heterocycles. The SMILES string of the molecule is C=CCN(Cc1cccs1)C(=O)CCOc1ccccc1F. The van der Waals surface area contributed by atoms with Gasteiger partial charge in [0, 0.05) is 11.4 Å². The van der Waals surface area contributed by atoms with Crippen LogP contribution >= 0.6 is 11.3 Å². The Morgan fingerprint density at radius 1 is 1.32 bits per heavy atom. The molecule has 1 heterocycles. The van der Waals surface area contributed by atoms with Crippen LogP contribution in [0.1, 0.15) is 11.3 Å². The summed E-state index contributed by atoms with van der Waals surface area (Å²) >= 11 is 1.61. The van der Waals surface area contributed by atoms with Gasteiger partial charge < -0.3 is 9.64 Å². The summed E-state index contributed by atoms with van der Waals surface area (Å²) in [6.07, 6.45) is 1.90. The van der Waals surface area contributed by atoms with E-state index in [2.05, 4.69) is 6.58 Å². The molecule has 0 fully saturated rings. The molecule has 1 aromatic carbocycles. The molecule has 3 nitrogen and oxygen atoms in total. The standard InChI is InChI=1S/C17H18FNO2S/c1-2-10-19(13-14-6-5-12-22-14)17(20)9-11-21-16-8-4-3-7-15(16)18/h2-8,12H,1,9-11,13H2. The number of amides is 1. The van der Waals surface area contributed by atoms with Crippen molar-refractivity contribution < 1.29 is 13.9 Å². The third kappa shape index (κ3) is 4.70. The Kier molecular flexibility index (Phi) is 6.15. The summed E-state index contributed by atoms with van der Waals surface area (Å²) in [4.78, 5) is 15.1. The van der Waals surface area contributed by atoms with Crippen LogP contribution < -0.4 is 4.74 Å². The minimum absolute atomic E-state index is 0.0374. The Balaban J connectivity index is 1.85. The Morgan fingerprint density at radius 3 is 2.82 bits per heavy atom. The van der Waals surface area contributed by atoms with Gasteiger partial charge in [0.15, 0.2) is 11.6 Å². The van der Waals surface area contributed by atoms with Crippen molar-refractivity contribution in [3.63, 3.8) is 0 Å². The number of nitrogens with zero attached hydrogens (tertiary/aromatic N) is 1. The van der Waals surface area contributed by atoms with Crippen molar-refractivity contribution in [3.05, 3.63) is 65.1 Å². The molecule has 0 aliphatic rings. The number of carbonyl (C=O) groups is 1. The molecular weight excluding hydrogens is 301 g/mol. The number of para-hydroxylation sites is 1. The average molecular weight is 319 g/mol. The molecule has 1 aromatic heterocycles. The van der Waals surface area contributed by atoms with E-state index in [1.807, 2.05) is 17.5 Å². The molecule has 0 spiro atoms. The topological polar surface area (TPSA) is 29.5 Å². The van der Waals surface area contributed by atoms with E-state index in [-0.39, 0.29) is 24.7 Å². The molecule has 0 unspecified atom stereocenters. The first-order chi connectivity index (χ1) is 10.7. The van der Waals surface area contributed by atoms with E-state index < -0.39 is 5.82 Å². The van der Waals surface area contributed by atoms with Gasteiger partial charge in [0.2, 0.25) is 5.91 Å². The van der Waals surface area contributed by atoms with Crippen LogP contribution in [0.25, 0.3) is 0 Å². The quantitative estimate of drug-likeness (QED) is 0.691. The molecule has 0 aliphatic carbocycles. The van der Waals surface area contributed by atoms with Gasteiger partial charge in [-0.05, 0) is 23.6 Å². The van der Waals surface area contributed by atoms with E-state index in [9.17, 15) is 9.18 Å². The summed E-state index contributed by atoms with van der Waals surface area (Å²) in [5.41, 5.74) is 0. The van der Waals surface area contributed by atoms with Gasteiger partial charge in [-0.2, -0.15) is 0 Å². The predicted molar refractivity (Wildman–Crippen MR) is 86.4 cm³/mol. The zero-order valence-corrected chi connectivity index (χ0v) is 13.0. The lowest BCUT2D eigenvalue weighted by molar-refractivity contribution is -0.131. The highest BCUT2D eigenvalue weighted by Crippen LogP contribution is 2.16. The summed E-state index contributed by atoms with van der Waals surface area (Å²) in [6, 6.07) is 10.1. The molecule has 22 heavy (non-hydrogen) atoms. The van der Waals surface area contributed by atoms with E-state index in [0.29, 0.717) is 13.1 Å². The fraction of sp³-hybridized carbons (Fsp3) is 0.235. The van der Waals surface area contributed by atoms with E-state index in [1.165, 1.54) is 6.07 Å². The summed E-state index contributed by atoms with van der Waals surface area (Å²) in [6.45, 7) is 4.87. The van der Waals surface area contributed by atoms with E-state index >= 15 is 0 Å². The molecule has 116 valence electrons. The first-order valence-corrected chi connectivity index (χ1v) is 7.87. The highest BCUT2D eigenvalue weighted by molar-refractivity contribution is 7.09. The summed E-state index contributed by atoms with van der Waals surface area (Å²) in [5.74, 6) is -0.287. The van der Waals surface area contributed by atoms with Crippen molar-refractivity contribution in [3.8, 4) is 5.75 Å². The lowest BCUT2D eigenvalue weighted by atomic mass is 10.3.